The lowest BCUT2D eigenvalue weighted by atomic mass is 9.96. The third-order valence-corrected chi connectivity index (χ3v) is 8.82. The van der Waals surface area contributed by atoms with E-state index in [9.17, 15) is 14.7 Å². The minimum atomic E-state index is -0.702. The van der Waals surface area contributed by atoms with Crippen molar-refractivity contribution in [1.29, 1.82) is 0 Å². The highest BCUT2D eigenvalue weighted by Gasteiger charge is 2.34. The number of aliphatic hydroxyl groups excluding tert-OH is 1. The Balaban J connectivity index is 1.22. The number of nitrogens with zero attached hydrogens (tertiary/aromatic N) is 1. The summed E-state index contributed by atoms with van der Waals surface area (Å²) in [6.45, 7) is 3.81. The zero-order valence-electron chi connectivity index (χ0n) is 26.9. The van der Waals surface area contributed by atoms with Gasteiger partial charge in [-0.1, -0.05) is 48.5 Å². The lowest BCUT2D eigenvalue weighted by molar-refractivity contribution is -0.253. The molecule has 0 aliphatic carbocycles. The number of carbonyl (C=O) groups excluding carboxylic acids is 2. The predicted octanol–water partition coefficient (Wildman–Crippen LogP) is 6.25. The van der Waals surface area contributed by atoms with E-state index in [2.05, 4.69) is 22.3 Å². The fraction of sp³-hybridized carbons (Fsp3) is 0.316. The standard InChI is InChI=1S/C38H40N2O7/c1-24(42)27-6-5-9-32(17-27)39-37(43)29-7-4-8-30(16-29)38-46-33(20-34(47-38)26-12-10-25(23-41)11-13-26)22-40-15-14-28-18-35(44-2)36(45-3)19-31(28)21-40/h4-13,16-19,33-34,38,41H,14-15,20-23H2,1-3H3,(H,39,43). The van der Waals surface area contributed by atoms with Gasteiger partial charge in [0.25, 0.3) is 5.91 Å². The molecule has 1 amide bonds. The summed E-state index contributed by atoms with van der Waals surface area (Å²) in [4.78, 5) is 27.5. The van der Waals surface area contributed by atoms with Crippen LogP contribution in [0.3, 0.4) is 0 Å². The number of hydrogen-bond donors (Lipinski definition) is 2. The lowest BCUT2D eigenvalue weighted by Crippen LogP contribution is -2.41. The molecule has 9 heteroatoms. The van der Waals surface area contributed by atoms with Crippen molar-refractivity contribution in [3.63, 3.8) is 0 Å². The summed E-state index contributed by atoms with van der Waals surface area (Å²) in [6, 6.07) is 26.1. The van der Waals surface area contributed by atoms with Gasteiger partial charge in [0, 0.05) is 48.4 Å². The Morgan fingerprint density at radius 1 is 0.872 bits per heavy atom. The first kappa shape index (κ1) is 32.4. The molecule has 0 bridgehead atoms. The van der Waals surface area contributed by atoms with Crippen molar-refractivity contribution in [2.24, 2.45) is 0 Å². The summed E-state index contributed by atoms with van der Waals surface area (Å²) in [5.74, 6) is 1.09. The Morgan fingerprint density at radius 3 is 2.32 bits per heavy atom. The summed E-state index contributed by atoms with van der Waals surface area (Å²) in [5, 5.41) is 12.5. The van der Waals surface area contributed by atoms with Crippen LogP contribution in [0.25, 0.3) is 0 Å². The van der Waals surface area contributed by atoms with Gasteiger partial charge in [-0.2, -0.15) is 0 Å². The van der Waals surface area contributed by atoms with Gasteiger partial charge in [-0.25, -0.2) is 0 Å². The van der Waals surface area contributed by atoms with Crippen molar-refractivity contribution in [2.45, 2.75) is 51.4 Å². The van der Waals surface area contributed by atoms with E-state index < -0.39 is 6.29 Å². The molecule has 244 valence electrons. The maximum Gasteiger partial charge on any atom is 0.255 e. The van der Waals surface area contributed by atoms with Crippen molar-refractivity contribution in [1.82, 2.24) is 4.90 Å². The van der Waals surface area contributed by atoms with E-state index in [1.165, 1.54) is 18.1 Å². The predicted molar refractivity (Wildman–Crippen MR) is 178 cm³/mol. The second-order valence-corrected chi connectivity index (χ2v) is 12.0. The molecule has 47 heavy (non-hydrogen) atoms. The van der Waals surface area contributed by atoms with Crippen molar-refractivity contribution in [3.05, 3.63) is 124 Å². The molecular formula is C38H40N2O7. The highest BCUT2D eigenvalue weighted by atomic mass is 16.7. The average molecular weight is 637 g/mol. The van der Waals surface area contributed by atoms with Crippen molar-refractivity contribution >= 4 is 17.4 Å². The normalized spacial score (nSPS) is 19.4. The number of ketones is 1. The Labute approximate surface area is 275 Å². The minimum absolute atomic E-state index is 0.0266. The average Bonchev–Trinajstić information content (AvgIpc) is 3.11. The van der Waals surface area contributed by atoms with Gasteiger partial charge >= 0.3 is 0 Å². The molecule has 3 unspecified atom stereocenters. The van der Waals surface area contributed by atoms with Gasteiger partial charge in [-0.15, -0.1) is 0 Å². The number of aliphatic hydroxyl groups is 1. The number of Topliss-reactive ketones (excluding diaryl/α,β-unsaturated/α-hetero) is 1. The second kappa shape index (κ2) is 14.5. The van der Waals surface area contributed by atoms with Crippen molar-refractivity contribution < 1.29 is 33.6 Å². The van der Waals surface area contributed by atoms with Crippen LogP contribution in [-0.2, 0) is 29.0 Å². The van der Waals surface area contributed by atoms with Crippen LogP contribution in [0.4, 0.5) is 5.69 Å². The first-order valence-corrected chi connectivity index (χ1v) is 15.8. The molecule has 3 atom stereocenters. The highest BCUT2D eigenvalue weighted by Crippen LogP contribution is 2.39. The number of fused-ring (bicyclic) bond motifs is 1. The lowest BCUT2D eigenvalue weighted by Gasteiger charge is -2.39. The van der Waals surface area contributed by atoms with E-state index in [0.29, 0.717) is 29.8 Å². The van der Waals surface area contributed by atoms with Crippen LogP contribution >= 0.6 is 0 Å². The second-order valence-electron chi connectivity index (χ2n) is 12.0. The number of nitrogens with one attached hydrogen (secondary N) is 1. The Morgan fingerprint density at radius 2 is 1.60 bits per heavy atom. The largest absolute Gasteiger partial charge is 0.493 e. The SMILES string of the molecule is COc1cc2c(cc1OC)CN(CC1CC(c3ccc(CO)cc3)OC(c3cccc(C(=O)Nc4cccc(C(C)=O)c4)c3)O1)CC2. The fourth-order valence-corrected chi connectivity index (χ4v) is 6.26. The van der Waals surface area contributed by atoms with E-state index in [4.69, 9.17) is 18.9 Å². The number of hydrogen-bond acceptors (Lipinski definition) is 8. The summed E-state index contributed by atoms with van der Waals surface area (Å²) in [5.41, 5.74) is 6.56. The van der Waals surface area contributed by atoms with Crippen molar-refractivity contribution in [3.8, 4) is 11.5 Å². The maximum atomic E-state index is 13.3. The number of benzene rings is 4. The van der Waals surface area contributed by atoms with Crippen LogP contribution in [0.2, 0.25) is 0 Å². The van der Waals surface area contributed by atoms with Gasteiger partial charge in [0.05, 0.1) is 33.0 Å². The van der Waals surface area contributed by atoms with E-state index in [0.717, 1.165) is 47.7 Å². The van der Waals surface area contributed by atoms with E-state index in [-0.39, 0.29) is 30.5 Å². The summed E-state index contributed by atoms with van der Waals surface area (Å²) in [6.07, 6.45) is 0.439. The molecule has 0 spiro atoms. The van der Waals surface area contributed by atoms with E-state index in [1.54, 1.807) is 50.6 Å². The first-order chi connectivity index (χ1) is 22.8. The van der Waals surface area contributed by atoms with Crippen LogP contribution in [-0.4, -0.2) is 55.1 Å². The first-order valence-electron chi connectivity index (χ1n) is 15.8. The topological polar surface area (TPSA) is 107 Å². The minimum Gasteiger partial charge on any atom is -0.493 e. The number of methoxy groups -OCH3 is 2. The monoisotopic (exact) mass is 636 g/mol. The quantitative estimate of drug-likeness (QED) is 0.197. The number of anilines is 1. The molecule has 0 saturated carbocycles. The van der Waals surface area contributed by atoms with Crippen LogP contribution in [0.15, 0.2) is 84.9 Å². The van der Waals surface area contributed by atoms with Gasteiger partial charge in [-0.3, -0.25) is 14.5 Å². The molecular weight excluding hydrogens is 596 g/mol. The Kier molecular flexibility index (Phi) is 9.98. The maximum absolute atomic E-state index is 13.3. The third-order valence-electron chi connectivity index (χ3n) is 8.82. The van der Waals surface area contributed by atoms with Crippen LogP contribution in [0.1, 0.15) is 74.3 Å². The van der Waals surface area contributed by atoms with Gasteiger partial charge in [-0.05, 0) is 72.0 Å². The van der Waals surface area contributed by atoms with Gasteiger partial charge in [0.15, 0.2) is 23.6 Å². The third kappa shape index (κ3) is 7.55. The molecule has 6 rings (SSSR count). The molecule has 1 saturated heterocycles. The zero-order chi connectivity index (χ0) is 32.9. The highest BCUT2D eigenvalue weighted by molar-refractivity contribution is 6.05. The molecule has 9 nitrogen and oxygen atoms in total. The summed E-state index contributed by atoms with van der Waals surface area (Å²) in [7, 11) is 3.31. The van der Waals surface area contributed by atoms with E-state index in [1.807, 2.05) is 36.4 Å². The van der Waals surface area contributed by atoms with Crippen LogP contribution in [0.5, 0.6) is 11.5 Å². The molecule has 0 aromatic heterocycles. The summed E-state index contributed by atoms with van der Waals surface area (Å²) >= 11 is 0. The Hall–Kier alpha value is -4.54. The number of ether oxygens (including phenoxy) is 4. The van der Waals surface area contributed by atoms with Crippen LogP contribution < -0.4 is 14.8 Å². The molecule has 2 aliphatic rings. The number of carbonyl (C=O) groups is 2. The van der Waals surface area contributed by atoms with E-state index >= 15 is 0 Å². The van der Waals surface area contributed by atoms with Gasteiger partial charge in [0.1, 0.15) is 0 Å². The zero-order valence-corrected chi connectivity index (χ0v) is 26.9. The number of rotatable bonds is 10. The van der Waals surface area contributed by atoms with Gasteiger partial charge < -0.3 is 29.4 Å². The van der Waals surface area contributed by atoms with Crippen LogP contribution in [0, 0.1) is 0 Å². The molecule has 2 N–H and O–H groups in total. The molecule has 1 fully saturated rings. The molecule has 4 aromatic carbocycles. The number of amides is 1. The molecule has 0 radical (unpaired) electrons. The fourth-order valence-electron chi connectivity index (χ4n) is 6.26. The van der Waals surface area contributed by atoms with Gasteiger partial charge in [0.2, 0.25) is 0 Å². The smallest absolute Gasteiger partial charge is 0.255 e. The summed E-state index contributed by atoms with van der Waals surface area (Å²) < 4.78 is 24.3. The molecule has 2 aliphatic heterocycles. The molecule has 4 aromatic rings. The molecule has 2 heterocycles. The van der Waals surface area contributed by atoms with Crippen molar-refractivity contribution in [2.75, 3.05) is 32.6 Å². The Bertz CT molecular complexity index is 1740.